The molecule has 1 N–H and O–H groups in total. The standard InChI is InChI=1S/C10H21NO2S/c1-4-11-9-6-5-7-10(9)14(12,13)8(2)3/h8-11H,4-7H2,1-3H3. The van der Waals surface area contributed by atoms with E-state index in [1.165, 1.54) is 0 Å². The maximum absolute atomic E-state index is 12.0. The Morgan fingerprint density at radius 3 is 2.50 bits per heavy atom. The molecule has 0 saturated heterocycles. The van der Waals surface area contributed by atoms with E-state index in [4.69, 9.17) is 0 Å². The van der Waals surface area contributed by atoms with Gasteiger partial charge in [-0.25, -0.2) is 8.42 Å². The van der Waals surface area contributed by atoms with Crippen LogP contribution in [-0.2, 0) is 9.84 Å². The molecule has 3 nitrogen and oxygen atoms in total. The molecule has 1 aliphatic rings. The largest absolute Gasteiger partial charge is 0.313 e. The molecule has 1 saturated carbocycles. The van der Waals surface area contributed by atoms with Gasteiger partial charge >= 0.3 is 0 Å². The van der Waals surface area contributed by atoms with Gasteiger partial charge in [-0.15, -0.1) is 0 Å². The van der Waals surface area contributed by atoms with Gasteiger partial charge in [-0.2, -0.15) is 0 Å². The summed E-state index contributed by atoms with van der Waals surface area (Å²) in [6.07, 6.45) is 2.87. The molecule has 4 heteroatoms. The lowest BCUT2D eigenvalue weighted by Crippen LogP contribution is -2.42. The molecule has 0 aromatic rings. The summed E-state index contributed by atoms with van der Waals surface area (Å²) in [4.78, 5) is 0. The van der Waals surface area contributed by atoms with Crippen molar-refractivity contribution < 1.29 is 8.42 Å². The molecule has 1 aliphatic carbocycles. The maximum atomic E-state index is 12.0. The first-order chi connectivity index (χ1) is 6.50. The van der Waals surface area contributed by atoms with Crippen molar-refractivity contribution in [1.82, 2.24) is 5.32 Å². The lowest BCUT2D eigenvalue weighted by Gasteiger charge is -2.22. The second kappa shape index (κ2) is 4.62. The molecule has 0 bridgehead atoms. The zero-order valence-electron chi connectivity index (χ0n) is 9.29. The highest BCUT2D eigenvalue weighted by Gasteiger charge is 2.38. The summed E-state index contributed by atoms with van der Waals surface area (Å²) < 4.78 is 24.0. The van der Waals surface area contributed by atoms with E-state index >= 15 is 0 Å². The van der Waals surface area contributed by atoms with Gasteiger partial charge in [0.15, 0.2) is 9.84 Å². The Hall–Kier alpha value is -0.0900. The van der Waals surface area contributed by atoms with Crippen molar-refractivity contribution >= 4 is 9.84 Å². The lowest BCUT2D eigenvalue weighted by molar-refractivity contribution is 0.513. The normalized spacial score (nSPS) is 28.6. The number of hydrogen-bond acceptors (Lipinski definition) is 3. The highest BCUT2D eigenvalue weighted by Crippen LogP contribution is 2.27. The number of rotatable bonds is 4. The van der Waals surface area contributed by atoms with Crippen molar-refractivity contribution in [3.63, 3.8) is 0 Å². The second-order valence-electron chi connectivity index (χ2n) is 4.27. The molecule has 0 aromatic carbocycles. The molecule has 0 aromatic heterocycles. The molecule has 14 heavy (non-hydrogen) atoms. The predicted octanol–water partition coefficient (Wildman–Crippen LogP) is 1.34. The third-order valence-corrected chi connectivity index (χ3v) is 5.72. The molecule has 2 atom stereocenters. The average molecular weight is 219 g/mol. The summed E-state index contributed by atoms with van der Waals surface area (Å²) in [5.74, 6) is 0. The van der Waals surface area contributed by atoms with Gasteiger partial charge in [0.2, 0.25) is 0 Å². The molecule has 2 unspecified atom stereocenters. The molecule has 84 valence electrons. The van der Waals surface area contributed by atoms with E-state index in [0.29, 0.717) is 0 Å². The number of hydrogen-bond donors (Lipinski definition) is 1. The minimum Gasteiger partial charge on any atom is -0.313 e. The molecule has 1 fully saturated rings. The minimum atomic E-state index is -2.91. The molecule has 0 spiro atoms. The van der Waals surface area contributed by atoms with Gasteiger partial charge < -0.3 is 5.32 Å². The summed E-state index contributed by atoms with van der Waals surface area (Å²) >= 11 is 0. The fraction of sp³-hybridized carbons (Fsp3) is 1.00. The minimum absolute atomic E-state index is 0.151. The Labute approximate surface area is 87.2 Å². The SMILES string of the molecule is CCNC1CCCC1S(=O)(=O)C(C)C. The first-order valence-corrected chi connectivity index (χ1v) is 7.07. The smallest absolute Gasteiger partial charge is 0.156 e. The zero-order chi connectivity index (χ0) is 10.8. The maximum Gasteiger partial charge on any atom is 0.156 e. The second-order valence-corrected chi connectivity index (χ2v) is 7.00. The van der Waals surface area contributed by atoms with Gasteiger partial charge in [-0.1, -0.05) is 13.3 Å². The number of nitrogens with one attached hydrogen (secondary N) is 1. The van der Waals surface area contributed by atoms with Crippen LogP contribution in [0.5, 0.6) is 0 Å². The van der Waals surface area contributed by atoms with Gasteiger partial charge in [-0.05, 0) is 33.2 Å². The van der Waals surface area contributed by atoms with Crippen LogP contribution in [0.1, 0.15) is 40.0 Å². The van der Waals surface area contributed by atoms with Crippen LogP contribution in [-0.4, -0.2) is 31.5 Å². The van der Waals surface area contributed by atoms with Gasteiger partial charge in [0.05, 0.1) is 10.5 Å². The summed E-state index contributed by atoms with van der Waals surface area (Å²) in [6, 6.07) is 0.187. The van der Waals surface area contributed by atoms with E-state index in [0.717, 1.165) is 25.8 Å². The van der Waals surface area contributed by atoms with Gasteiger partial charge in [-0.3, -0.25) is 0 Å². The van der Waals surface area contributed by atoms with E-state index in [1.807, 2.05) is 6.92 Å². The van der Waals surface area contributed by atoms with Crippen molar-refractivity contribution in [3.05, 3.63) is 0 Å². The summed E-state index contributed by atoms with van der Waals surface area (Å²) in [7, 11) is -2.91. The first kappa shape index (κ1) is 12.0. The molecule has 1 rings (SSSR count). The summed E-state index contributed by atoms with van der Waals surface area (Å²) in [5.41, 5.74) is 0. The van der Waals surface area contributed by atoms with Crippen LogP contribution in [0.3, 0.4) is 0 Å². The Bertz CT molecular complexity index is 272. The van der Waals surface area contributed by atoms with Crippen LogP contribution in [0.25, 0.3) is 0 Å². The monoisotopic (exact) mass is 219 g/mol. The third kappa shape index (κ3) is 2.28. The summed E-state index contributed by atoms with van der Waals surface area (Å²) in [5, 5.41) is 2.88. The Balaban J connectivity index is 2.76. The van der Waals surface area contributed by atoms with Crippen LogP contribution < -0.4 is 5.32 Å². The zero-order valence-corrected chi connectivity index (χ0v) is 10.1. The predicted molar refractivity (Wildman–Crippen MR) is 59.2 cm³/mol. The molecule has 0 amide bonds. The van der Waals surface area contributed by atoms with E-state index < -0.39 is 9.84 Å². The van der Waals surface area contributed by atoms with Crippen molar-refractivity contribution in [1.29, 1.82) is 0 Å². The molecule has 0 aliphatic heterocycles. The number of sulfone groups is 1. The quantitative estimate of drug-likeness (QED) is 0.776. The Morgan fingerprint density at radius 1 is 1.36 bits per heavy atom. The van der Waals surface area contributed by atoms with Crippen LogP contribution in [0, 0.1) is 0 Å². The van der Waals surface area contributed by atoms with E-state index in [9.17, 15) is 8.42 Å². The van der Waals surface area contributed by atoms with Crippen LogP contribution >= 0.6 is 0 Å². The van der Waals surface area contributed by atoms with E-state index in [2.05, 4.69) is 5.32 Å². The van der Waals surface area contributed by atoms with Crippen LogP contribution in [0.2, 0.25) is 0 Å². The first-order valence-electron chi connectivity index (χ1n) is 5.46. The van der Waals surface area contributed by atoms with Gasteiger partial charge in [0.1, 0.15) is 0 Å². The van der Waals surface area contributed by atoms with Gasteiger partial charge in [0.25, 0.3) is 0 Å². The third-order valence-electron chi connectivity index (χ3n) is 3.00. The topological polar surface area (TPSA) is 46.2 Å². The highest BCUT2D eigenvalue weighted by atomic mass is 32.2. The fourth-order valence-corrected chi connectivity index (χ4v) is 4.05. The van der Waals surface area contributed by atoms with Crippen molar-refractivity contribution in [2.75, 3.05) is 6.54 Å². The van der Waals surface area contributed by atoms with Crippen LogP contribution in [0.4, 0.5) is 0 Å². The molecule has 0 heterocycles. The average Bonchev–Trinajstić information content (AvgIpc) is 2.53. The fourth-order valence-electron chi connectivity index (χ4n) is 2.16. The van der Waals surface area contributed by atoms with Crippen LogP contribution in [0.15, 0.2) is 0 Å². The molecule has 0 radical (unpaired) electrons. The Kier molecular flexibility index (Phi) is 3.95. The summed E-state index contributed by atoms with van der Waals surface area (Å²) in [6.45, 7) is 6.43. The van der Waals surface area contributed by atoms with Gasteiger partial charge in [0, 0.05) is 6.04 Å². The highest BCUT2D eigenvalue weighted by molar-refractivity contribution is 7.92. The lowest BCUT2D eigenvalue weighted by atomic mass is 10.2. The van der Waals surface area contributed by atoms with E-state index in [1.54, 1.807) is 13.8 Å². The molecular weight excluding hydrogens is 198 g/mol. The van der Waals surface area contributed by atoms with Crippen molar-refractivity contribution in [2.24, 2.45) is 0 Å². The van der Waals surface area contributed by atoms with Crippen molar-refractivity contribution in [3.8, 4) is 0 Å². The molecular formula is C10H21NO2S. The van der Waals surface area contributed by atoms with E-state index in [-0.39, 0.29) is 16.5 Å². The Morgan fingerprint density at radius 2 is 2.00 bits per heavy atom. The van der Waals surface area contributed by atoms with Crippen molar-refractivity contribution in [2.45, 2.75) is 56.6 Å².